The van der Waals surface area contributed by atoms with Gasteiger partial charge in [-0.25, -0.2) is 4.79 Å². The number of methoxy groups -OCH3 is 2. The van der Waals surface area contributed by atoms with E-state index >= 15 is 0 Å². The fourth-order valence-electron chi connectivity index (χ4n) is 6.36. The van der Waals surface area contributed by atoms with Gasteiger partial charge in [-0.2, -0.15) is 0 Å². The number of phenolic OH excluding ortho intramolecular Hbond substituents is 5. The second kappa shape index (κ2) is 17.5. The summed E-state index contributed by atoms with van der Waals surface area (Å²) in [5.41, 5.74) is -1.26. The van der Waals surface area contributed by atoms with Gasteiger partial charge in [-0.15, -0.1) is 0 Å². The van der Waals surface area contributed by atoms with Crippen LogP contribution in [0.25, 0.3) is 28.4 Å². The zero-order valence-corrected chi connectivity index (χ0v) is 30.9. The summed E-state index contributed by atoms with van der Waals surface area (Å²) in [6.07, 6.45) is -16.3. The molecule has 6 rings (SSSR count). The van der Waals surface area contributed by atoms with Crippen molar-refractivity contribution in [3.63, 3.8) is 0 Å². The molecular formula is C38H40O21. The molecule has 0 aliphatic carbocycles. The molecule has 4 aromatic rings. The van der Waals surface area contributed by atoms with Gasteiger partial charge in [0.1, 0.15) is 53.7 Å². The predicted molar refractivity (Wildman–Crippen MR) is 196 cm³/mol. The maximum atomic E-state index is 14.0. The van der Waals surface area contributed by atoms with Crippen LogP contribution in [0.1, 0.15) is 5.56 Å². The van der Waals surface area contributed by atoms with Crippen molar-refractivity contribution in [2.75, 3.05) is 27.4 Å². The minimum absolute atomic E-state index is 0.110. The Hall–Kier alpha value is -5.88. The SMILES string of the molecule is COc1cc(/C=C/C(=O)O[C@H]2[C@H](OC[C@H]3O[C@@H](Oc4c(-c5ccc(O)c(O)c5)oc5cc(O)c(OC)c(O)c5c4=O)[C@H](O)[C@@H](O)[C@@H]3O)O[C@H](CO)[C@@H](O)[C@@H]2O)ccc1O. The number of carbonyl (C=O) groups excluding carboxylic acids is 1. The first-order valence-electron chi connectivity index (χ1n) is 17.6. The van der Waals surface area contributed by atoms with Gasteiger partial charge >= 0.3 is 5.97 Å². The van der Waals surface area contributed by atoms with Crippen LogP contribution in [0.5, 0.6) is 46.0 Å². The molecular weight excluding hydrogens is 792 g/mol. The van der Waals surface area contributed by atoms with Gasteiger partial charge in [0.25, 0.3) is 0 Å². The van der Waals surface area contributed by atoms with E-state index in [9.17, 15) is 65.8 Å². The lowest BCUT2D eigenvalue weighted by Crippen LogP contribution is -2.62. The lowest BCUT2D eigenvalue weighted by atomic mass is 9.98. The number of hydrogen-bond acceptors (Lipinski definition) is 21. The van der Waals surface area contributed by atoms with Gasteiger partial charge in [0, 0.05) is 17.7 Å². The normalized spacial score (nSPS) is 27.1. The smallest absolute Gasteiger partial charge is 0.331 e. The highest BCUT2D eigenvalue weighted by molar-refractivity contribution is 5.91. The molecule has 0 spiro atoms. The highest BCUT2D eigenvalue weighted by Gasteiger charge is 2.50. The maximum Gasteiger partial charge on any atom is 0.331 e. The average molecular weight is 833 g/mol. The van der Waals surface area contributed by atoms with Gasteiger partial charge in [-0.3, -0.25) is 4.79 Å². The van der Waals surface area contributed by atoms with Crippen LogP contribution in [-0.2, 0) is 23.7 Å². The number of aliphatic hydroxyl groups excluding tert-OH is 6. The molecule has 21 heteroatoms. The average Bonchev–Trinajstić information content (AvgIpc) is 3.21. The largest absolute Gasteiger partial charge is 0.504 e. The summed E-state index contributed by atoms with van der Waals surface area (Å²) in [5.74, 6) is -5.64. The van der Waals surface area contributed by atoms with Crippen LogP contribution in [0.4, 0.5) is 0 Å². The van der Waals surface area contributed by atoms with Crippen LogP contribution in [0.2, 0.25) is 0 Å². The monoisotopic (exact) mass is 832 g/mol. The first-order chi connectivity index (χ1) is 28.1. The molecule has 1 aromatic heterocycles. The second-order valence-electron chi connectivity index (χ2n) is 13.3. The number of esters is 1. The summed E-state index contributed by atoms with van der Waals surface area (Å²) in [5, 5.41) is 115. The third-order valence-electron chi connectivity index (χ3n) is 9.51. The number of ether oxygens (including phenoxy) is 7. The fourth-order valence-corrected chi connectivity index (χ4v) is 6.36. The van der Waals surface area contributed by atoms with E-state index in [4.69, 9.17) is 37.6 Å². The van der Waals surface area contributed by atoms with E-state index in [0.29, 0.717) is 5.56 Å². The van der Waals surface area contributed by atoms with E-state index in [-0.39, 0.29) is 17.1 Å². The molecule has 3 aromatic carbocycles. The summed E-state index contributed by atoms with van der Waals surface area (Å²) >= 11 is 0. The molecule has 0 amide bonds. The Morgan fingerprint density at radius 2 is 1.44 bits per heavy atom. The summed E-state index contributed by atoms with van der Waals surface area (Å²) in [6.45, 7) is -1.63. The van der Waals surface area contributed by atoms with E-state index < -0.39 is 137 Å². The highest BCUT2D eigenvalue weighted by atomic mass is 16.7. The number of aromatic hydroxyl groups is 5. The van der Waals surface area contributed by atoms with Crippen LogP contribution >= 0.6 is 0 Å². The first-order valence-corrected chi connectivity index (χ1v) is 17.6. The zero-order valence-electron chi connectivity index (χ0n) is 30.9. The predicted octanol–water partition coefficient (Wildman–Crippen LogP) is -0.728. The van der Waals surface area contributed by atoms with Crippen molar-refractivity contribution in [2.45, 2.75) is 61.4 Å². The van der Waals surface area contributed by atoms with Gasteiger partial charge in [0.15, 0.2) is 52.7 Å². The van der Waals surface area contributed by atoms with Gasteiger partial charge in [0.2, 0.25) is 23.2 Å². The molecule has 0 saturated carbocycles. The molecule has 10 atom stereocenters. The Morgan fingerprint density at radius 3 is 2.12 bits per heavy atom. The minimum atomic E-state index is -2.10. The lowest BCUT2D eigenvalue weighted by molar-refractivity contribution is -0.324. The van der Waals surface area contributed by atoms with E-state index in [1.54, 1.807) is 0 Å². The number of benzene rings is 3. The van der Waals surface area contributed by atoms with Crippen LogP contribution in [0.15, 0.2) is 57.8 Å². The quantitative estimate of drug-likeness (QED) is 0.0476. The van der Waals surface area contributed by atoms with E-state index in [1.807, 2.05) is 0 Å². The standard InChI is InChI=1S/C38H40O21/c1-52-20-9-14(3-6-17(20)41)4-8-24(44)58-36-31(50)26(45)22(12-39)56-38(36)54-13-23-27(46)30(49)32(51)37(57-23)59-35-29(48)25-21(11-19(43)34(53-2)28(25)47)55-33(35)15-5-7-16(40)18(42)10-15/h3-11,22-23,26-27,30-32,36-43,45-47,49-51H,12-13H2,1-2H3/b8-4+/t22-,23-,26-,27-,30+,31+,32-,36-,37+,38-/m1/s1. The molecule has 2 aliphatic heterocycles. The van der Waals surface area contributed by atoms with Crippen LogP contribution in [0, 0.1) is 0 Å². The van der Waals surface area contributed by atoms with E-state index in [2.05, 4.69) is 0 Å². The molecule has 3 heterocycles. The minimum Gasteiger partial charge on any atom is -0.504 e. The summed E-state index contributed by atoms with van der Waals surface area (Å²) in [6, 6.07) is 8.34. The highest BCUT2D eigenvalue weighted by Crippen LogP contribution is 2.44. The number of hydrogen-bond donors (Lipinski definition) is 11. The maximum absolute atomic E-state index is 14.0. The van der Waals surface area contributed by atoms with E-state index in [0.717, 1.165) is 31.4 Å². The molecule has 11 N–H and O–H groups in total. The Kier molecular flexibility index (Phi) is 12.7. The summed E-state index contributed by atoms with van der Waals surface area (Å²) in [4.78, 5) is 26.9. The first kappa shape index (κ1) is 42.7. The zero-order chi connectivity index (χ0) is 42.9. The number of fused-ring (bicyclic) bond motifs is 1. The molecule has 2 aliphatic rings. The van der Waals surface area contributed by atoms with Gasteiger partial charge < -0.3 is 93.7 Å². The molecule has 2 saturated heterocycles. The number of aliphatic hydroxyl groups is 6. The van der Waals surface area contributed by atoms with Crippen LogP contribution in [-0.4, -0.2) is 151 Å². The van der Waals surface area contributed by atoms with Crippen molar-refractivity contribution in [2.24, 2.45) is 0 Å². The van der Waals surface area contributed by atoms with Crippen molar-refractivity contribution < 1.29 is 98.5 Å². The summed E-state index contributed by atoms with van der Waals surface area (Å²) in [7, 11) is 2.42. The Labute approximate surface area is 331 Å². The van der Waals surface area contributed by atoms with Crippen molar-refractivity contribution in [1.82, 2.24) is 0 Å². The third-order valence-corrected chi connectivity index (χ3v) is 9.51. The molecule has 318 valence electrons. The molecule has 21 nitrogen and oxygen atoms in total. The van der Waals surface area contributed by atoms with Gasteiger partial charge in [-0.05, 0) is 42.0 Å². The molecule has 0 unspecified atom stereocenters. The topological polar surface area (TPSA) is 334 Å². The summed E-state index contributed by atoms with van der Waals surface area (Å²) < 4.78 is 44.0. The van der Waals surface area contributed by atoms with Crippen molar-refractivity contribution in [3.05, 3.63) is 64.3 Å². The Morgan fingerprint density at radius 1 is 0.746 bits per heavy atom. The van der Waals surface area contributed by atoms with Crippen molar-refractivity contribution >= 4 is 23.0 Å². The lowest BCUT2D eigenvalue weighted by Gasteiger charge is -2.43. The third kappa shape index (κ3) is 8.50. The number of phenols is 5. The van der Waals surface area contributed by atoms with Crippen molar-refractivity contribution in [1.29, 1.82) is 0 Å². The molecule has 2 fully saturated rings. The fraction of sp³-hybridized carbons (Fsp3) is 0.368. The second-order valence-corrected chi connectivity index (χ2v) is 13.3. The molecule has 0 bridgehead atoms. The van der Waals surface area contributed by atoms with Gasteiger partial charge in [-0.1, -0.05) is 6.07 Å². The number of rotatable bonds is 12. The van der Waals surface area contributed by atoms with Crippen LogP contribution in [0.3, 0.4) is 0 Å². The van der Waals surface area contributed by atoms with E-state index in [1.165, 1.54) is 37.5 Å². The van der Waals surface area contributed by atoms with Crippen molar-refractivity contribution in [3.8, 4) is 57.3 Å². The van der Waals surface area contributed by atoms with Gasteiger partial charge in [0.05, 0.1) is 27.4 Å². The molecule has 0 radical (unpaired) electrons. The van der Waals surface area contributed by atoms with Crippen LogP contribution < -0.4 is 19.6 Å². The Balaban J connectivity index is 1.27. The number of carbonyl (C=O) groups is 1. The Bertz CT molecular complexity index is 2260. The molecule has 59 heavy (non-hydrogen) atoms.